The number of nitrogens with two attached hydrogens (primary N) is 3. The third-order valence-corrected chi connectivity index (χ3v) is 18.8. The fourth-order valence-corrected chi connectivity index (χ4v) is 13.1. The molecule has 10 amide bonds. The molecule has 0 bridgehead atoms. The molecule has 114 heavy (non-hydrogen) atoms. The largest absolute Gasteiger partial charge is 0.394 e. The normalized spacial score (nSPS) is 15.0. The molecule has 606 valence electrons. The number of aliphatic hydroxyl groups is 1. The molecule has 36 heteroatoms. The number of fused-ring (bicyclic) bond motifs is 1. The number of nitrogens with zero attached hydrogens (tertiary/aromatic N) is 7. The predicted octanol–water partition coefficient (Wildman–Crippen LogP) is 2.20. The Balaban J connectivity index is 1.00. The number of para-hydroxylation sites is 1. The Morgan fingerprint density at radius 1 is 0.544 bits per heavy atom. The van der Waals surface area contributed by atoms with Crippen LogP contribution in [0.5, 0.6) is 0 Å². The van der Waals surface area contributed by atoms with Crippen LogP contribution in [0.2, 0.25) is 5.02 Å². The number of anilines is 6. The van der Waals surface area contributed by atoms with E-state index in [0.29, 0.717) is 82.0 Å². The highest BCUT2D eigenvalue weighted by molar-refractivity contribution is 6.30. The molecule has 0 saturated carbocycles. The van der Waals surface area contributed by atoms with Crippen LogP contribution < -0.4 is 81.0 Å². The Hall–Kier alpha value is -12.2. The lowest BCUT2D eigenvalue weighted by atomic mass is 9.99. The lowest BCUT2D eigenvalue weighted by molar-refractivity contribution is -0.142. The first-order valence-electron chi connectivity index (χ1n) is 37.8. The lowest BCUT2D eigenvalue weighted by Gasteiger charge is -2.31. The van der Waals surface area contributed by atoms with Gasteiger partial charge in [0.15, 0.2) is 0 Å². The maximum Gasteiger partial charge on any atom is 0.248 e. The Morgan fingerprint density at radius 3 is 1.50 bits per heavy atom. The van der Waals surface area contributed by atoms with E-state index in [1.807, 2.05) is 58.0 Å². The van der Waals surface area contributed by atoms with Crippen molar-refractivity contribution in [3.05, 3.63) is 167 Å². The van der Waals surface area contributed by atoms with Crippen LogP contribution >= 0.6 is 11.6 Å². The Labute approximate surface area is 664 Å². The van der Waals surface area contributed by atoms with Crippen molar-refractivity contribution in [1.29, 1.82) is 0 Å². The maximum atomic E-state index is 15.5. The van der Waals surface area contributed by atoms with Crippen LogP contribution in [-0.2, 0) is 80.0 Å². The fraction of sp³-hybridized carbons (Fsp3) is 0.410. The van der Waals surface area contributed by atoms with Gasteiger partial charge in [-0.2, -0.15) is 9.97 Å². The number of nitrogen functional groups attached to an aromatic ring is 2. The average Bonchev–Trinajstić information content (AvgIpc) is 1.37. The molecule has 0 spiro atoms. The van der Waals surface area contributed by atoms with Gasteiger partial charge >= 0.3 is 0 Å². The first kappa shape index (κ1) is 85.8. The maximum absolute atomic E-state index is 15.5. The summed E-state index contributed by atoms with van der Waals surface area (Å²) in [5, 5.41) is 59.7. The second kappa shape index (κ2) is 41.9. The summed E-state index contributed by atoms with van der Waals surface area (Å²) in [5.41, 5.74) is 21.7. The monoisotopic (exact) mass is 1580 g/mol. The molecule has 0 unspecified atom stereocenters. The summed E-state index contributed by atoms with van der Waals surface area (Å²) in [6.07, 6.45) is 5.15. The number of aromatic nitrogens is 8. The number of likely N-dealkylation sites (tertiary alicyclic amines) is 1. The van der Waals surface area contributed by atoms with Gasteiger partial charge in [-0.1, -0.05) is 100.0 Å². The smallest absolute Gasteiger partial charge is 0.248 e. The number of hydrogen-bond acceptors (Lipinski definition) is 23. The molecule has 9 rings (SSSR count). The average molecular weight is 1590 g/mol. The predicted molar refractivity (Wildman–Crippen MR) is 428 cm³/mol. The molecule has 5 heterocycles. The number of nitrogens with one attached hydrogen (secondary N) is 14. The SMILES string of the molecule is CC(=O)N[C@H](Cc1cnc2ccccc2c1)C(=O)N[C@H](Cc1ccc(Cl)cc1)C(=O)N[C@H](Cc1cccnc1)C(=O)N[C@@H](CO)C(=O)N[C@@H](Cc1ccc(Nc2n[nH]c(N)n2)cc1)C(=O)N[C@H](Cc1ccc(Nc2n[nH]c(N)n2)cc1)C(=O)N[C@@H](CC(C)C)C(=O)N[C@@H](CCCCNC(C)C)C(=O)N1CCC[C@H]1C(=O)N[C@H](C)N. The lowest BCUT2D eigenvalue weighted by Crippen LogP contribution is -2.62. The zero-order chi connectivity index (χ0) is 82.0. The first-order chi connectivity index (χ1) is 54.6. The van der Waals surface area contributed by atoms with E-state index in [9.17, 15) is 38.7 Å². The summed E-state index contributed by atoms with van der Waals surface area (Å²) in [5.74, 6) is -7.51. The summed E-state index contributed by atoms with van der Waals surface area (Å²) in [6.45, 7) is 10.4. The number of hydrogen-bond donors (Lipinski definition) is 18. The van der Waals surface area contributed by atoms with Crippen molar-refractivity contribution < 1.29 is 53.1 Å². The van der Waals surface area contributed by atoms with Crippen molar-refractivity contribution in [2.75, 3.05) is 41.8 Å². The highest BCUT2D eigenvalue weighted by Crippen LogP contribution is 2.24. The number of amides is 10. The number of pyridine rings is 2. The van der Waals surface area contributed by atoms with E-state index in [0.717, 1.165) is 5.39 Å². The van der Waals surface area contributed by atoms with Crippen LogP contribution in [0.25, 0.3) is 10.9 Å². The molecule has 1 saturated heterocycles. The Morgan fingerprint density at radius 2 is 1.02 bits per heavy atom. The van der Waals surface area contributed by atoms with Crippen molar-refractivity contribution >= 4 is 117 Å². The molecule has 10 atom stereocenters. The molecule has 0 radical (unpaired) electrons. The Kier molecular flexibility index (Phi) is 31.5. The Bertz CT molecular complexity index is 4570. The van der Waals surface area contributed by atoms with E-state index in [1.54, 1.807) is 98.0 Å². The second-order valence-electron chi connectivity index (χ2n) is 28.9. The quantitative estimate of drug-likeness (QED) is 0.0193. The van der Waals surface area contributed by atoms with Gasteiger partial charge in [0.2, 0.25) is 82.9 Å². The number of rotatable bonds is 41. The van der Waals surface area contributed by atoms with Gasteiger partial charge in [0.1, 0.15) is 54.4 Å². The zero-order valence-corrected chi connectivity index (χ0v) is 65.1. The van der Waals surface area contributed by atoms with E-state index >= 15 is 14.4 Å². The topological polar surface area (TPSA) is 526 Å². The summed E-state index contributed by atoms with van der Waals surface area (Å²) in [4.78, 5) is 165. The number of carbonyl (C=O) groups is 10. The number of aromatic amines is 2. The van der Waals surface area contributed by atoms with Gasteiger partial charge < -0.3 is 91.0 Å². The third kappa shape index (κ3) is 26.5. The van der Waals surface area contributed by atoms with Crippen LogP contribution in [0, 0.1) is 5.92 Å². The molecule has 0 aliphatic carbocycles. The minimum absolute atomic E-state index is 0.0299. The van der Waals surface area contributed by atoms with Crippen LogP contribution in [-0.4, -0.2) is 196 Å². The van der Waals surface area contributed by atoms with E-state index in [2.05, 4.69) is 104 Å². The van der Waals surface area contributed by atoms with E-state index < -0.39 is 126 Å². The van der Waals surface area contributed by atoms with Crippen LogP contribution in [0.15, 0.2) is 134 Å². The molecule has 1 fully saturated rings. The standard InChI is InChI=1S/C78H101ClN24O11/c1-43(2)33-58(66(106)90-57(16-9-10-31-84-44(3)4)74(114)103-32-12-17-65(103)73(113)86-45(5)80)91-68(108)61(36-48-20-26-54(27-21-48)88-77-97-75(81)99-101-77)93-70(110)62(37-49-22-28-55(29-23-49)89-78-98-76(82)100-102-78)95-72(112)64(42-104)96-71(111)63(38-50-13-11-30-83-40-50)94-69(109)60(35-47-18-24-53(79)25-19-47)92-67(107)59(87-46(6)105)39-51-34-52-14-7-8-15-56(52)85-41-51/h7-8,11,13-15,18-30,34,40-41,43-45,57-65,84,104H,9-10,12,16-17,31-33,35-39,42,80H2,1-6H3,(H,86,113)(H,87,105)(H,90,106)(H,91,108)(H,92,107)(H,93,110)(H,94,109)(H,95,112)(H,96,111)(H4,81,88,97,99,101)(H4,82,89,98,100,102)/t45-,57+,58+,59-,60-,61-,62+,63-,64+,65+/m1/s1. The van der Waals surface area contributed by atoms with Gasteiger partial charge in [0.25, 0.3) is 0 Å². The molecule has 4 aromatic carbocycles. The zero-order valence-electron chi connectivity index (χ0n) is 64.3. The van der Waals surface area contributed by atoms with Crippen molar-refractivity contribution in [2.45, 2.75) is 179 Å². The first-order valence-corrected chi connectivity index (χ1v) is 38.1. The molecule has 1 aliphatic heterocycles. The van der Waals surface area contributed by atoms with Gasteiger partial charge in [0, 0.05) is 92.0 Å². The minimum Gasteiger partial charge on any atom is -0.394 e. The third-order valence-electron chi connectivity index (χ3n) is 18.6. The highest BCUT2D eigenvalue weighted by Gasteiger charge is 2.40. The second-order valence-corrected chi connectivity index (χ2v) is 29.3. The summed E-state index contributed by atoms with van der Waals surface area (Å²) < 4.78 is 0. The fourth-order valence-electron chi connectivity index (χ4n) is 13.0. The van der Waals surface area contributed by atoms with Crippen molar-refractivity contribution in [1.82, 2.24) is 98.4 Å². The van der Waals surface area contributed by atoms with Crippen LogP contribution in [0.3, 0.4) is 0 Å². The number of H-pyrrole nitrogens is 2. The van der Waals surface area contributed by atoms with E-state index in [1.165, 1.54) is 24.2 Å². The number of aliphatic hydroxyl groups excluding tert-OH is 1. The van der Waals surface area contributed by atoms with Gasteiger partial charge in [-0.05, 0) is 140 Å². The van der Waals surface area contributed by atoms with Crippen LogP contribution in [0.1, 0.15) is 108 Å². The molecular formula is C78H101ClN24O11. The number of carbonyl (C=O) groups excluding carboxylic acids is 10. The van der Waals surface area contributed by atoms with Crippen molar-refractivity contribution in [2.24, 2.45) is 11.7 Å². The molecule has 4 aromatic heterocycles. The van der Waals surface area contributed by atoms with Gasteiger partial charge in [-0.3, -0.25) is 57.9 Å². The minimum atomic E-state index is -1.85. The molecular weight excluding hydrogens is 1480 g/mol. The van der Waals surface area contributed by atoms with E-state index in [4.69, 9.17) is 28.8 Å². The molecule has 8 aromatic rings. The number of unbranched alkanes of at least 4 members (excludes halogenated alkanes) is 1. The van der Waals surface area contributed by atoms with E-state index in [-0.39, 0.29) is 87.2 Å². The number of benzene rings is 4. The van der Waals surface area contributed by atoms with Crippen molar-refractivity contribution in [3.8, 4) is 0 Å². The number of halogens is 1. The summed E-state index contributed by atoms with van der Waals surface area (Å²) >= 11 is 6.28. The molecule has 35 nitrogen and oxygen atoms in total. The summed E-state index contributed by atoms with van der Waals surface area (Å²) in [6, 6.07) is 19.8. The molecule has 1 aliphatic rings. The summed E-state index contributed by atoms with van der Waals surface area (Å²) in [7, 11) is 0. The molecule has 21 N–H and O–H groups in total. The highest BCUT2D eigenvalue weighted by atomic mass is 35.5. The van der Waals surface area contributed by atoms with Gasteiger partial charge in [-0.15, -0.1) is 10.2 Å². The van der Waals surface area contributed by atoms with Crippen molar-refractivity contribution in [3.63, 3.8) is 0 Å². The van der Waals surface area contributed by atoms with Gasteiger partial charge in [0.05, 0.1) is 18.3 Å². The van der Waals surface area contributed by atoms with Gasteiger partial charge in [-0.25, -0.2) is 10.2 Å². The van der Waals surface area contributed by atoms with Crippen LogP contribution in [0.4, 0.5) is 35.2 Å².